The Hall–Kier alpha value is -1.69. The minimum Gasteiger partial charge on any atom is -0.365 e. The van der Waals surface area contributed by atoms with Crippen molar-refractivity contribution in [3.63, 3.8) is 0 Å². The maximum absolute atomic E-state index is 12.8. The van der Waals surface area contributed by atoms with E-state index in [1.54, 1.807) is 11.3 Å². The molecular formula is C15H20N4OS. The maximum Gasteiger partial charge on any atom is 0.283 e. The summed E-state index contributed by atoms with van der Waals surface area (Å²) in [7, 11) is 3.83. The van der Waals surface area contributed by atoms with Gasteiger partial charge in [-0.3, -0.25) is 4.79 Å². The topological polar surface area (TPSA) is 50.5 Å². The molecule has 6 heteroatoms. The predicted octanol–water partition coefficient (Wildman–Crippen LogP) is 2.39. The predicted molar refractivity (Wildman–Crippen MR) is 87.5 cm³/mol. The van der Waals surface area contributed by atoms with Crippen LogP contribution in [-0.4, -0.2) is 34.5 Å². The summed E-state index contributed by atoms with van der Waals surface area (Å²) in [4.78, 5) is 21.6. The van der Waals surface area contributed by atoms with E-state index in [2.05, 4.69) is 10.1 Å². The zero-order chi connectivity index (χ0) is 15.1. The number of aromatic nitrogens is 2. The van der Waals surface area contributed by atoms with Gasteiger partial charge in [-0.15, -0.1) is 11.3 Å². The lowest BCUT2D eigenvalue weighted by Gasteiger charge is -2.13. The van der Waals surface area contributed by atoms with Gasteiger partial charge in [-0.25, -0.2) is 4.98 Å². The zero-order valence-electron chi connectivity index (χ0n) is 12.9. The number of rotatable bonds is 1. The first-order chi connectivity index (χ1) is 9.99. The molecule has 0 aliphatic heterocycles. The molecule has 0 saturated carbocycles. The second-order valence-electron chi connectivity index (χ2n) is 5.71. The lowest BCUT2D eigenvalue weighted by atomic mass is 9.97. The number of hydrogen-bond acceptors (Lipinski definition) is 4. The fourth-order valence-corrected chi connectivity index (χ4v) is 3.95. The van der Waals surface area contributed by atoms with Crippen molar-refractivity contribution in [2.24, 2.45) is 5.10 Å². The molecule has 21 heavy (non-hydrogen) atoms. The normalized spacial score (nSPS) is 15.3. The van der Waals surface area contributed by atoms with Gasteiger partial charge in [0.2, 0.25) is 0 Å². The summed E-state index contributed by atoms with van der Waals surface area (Å²) in [5.74, 6) is 1.43. The van der Waals surface area contributed by atoms with Gasteiger partial charge in [0.05, 0.1) is 5.39 Å². The van der Waals surface area contributed by atoms with Crippen molar-refractivity contribution in [3.05, 3.63) is 26.6 Å². The molecule has 0 amide bonds. The number of aryl methyl sites for hydroxylation is 3. The summed E-state index contributed by atoms with van der Waals surface area (Å²) in [6.07, 6.45) is 4.44. The van der Waals surface area contributed by atoms with E-state index in [4.69, 9.17) is 0 Å². The molecule has 0 atom stereocenters. The molecule has 0 fully saturated rings. The lowest BCUT2D eigenvalue weighted by Crippen LogP contribution is -2.26. The quantitative estimate of drug-likeness (QED) is 0.600. The Morgan fingerprint density at radius 3 is 2.76 bits per heavy atom. The average Bonchev–Trinajstić information content (AvgIpc) is 2.80. The van der Waals surface area contributed by atoms with Gasteiger partial charge < -0.3 is 4.90 Å². The SMILES string of the molecule is C/C(=N\n1c(C)nc2sc3c(c2c1=O)CCCC3)N(C)C. The first kappa shape index (κ1) is 14.3. The van der Waals surface area contributed by atoms with Crippen LogP contribution >= 0.6 is 11.3 Å². The van der Waals surface area contributed by atoms with Crippen molar-refractivity contribution >= 4 is 27.4 Å². The molecule has 2 aromatic heterocycles. The van der Waals surface area contributed by atoms with E-state index in [9.17, 15) is 4.79 Å². The van der Waals surface area contributed by atoms with Crippen LogP contribution in [0.2, 0.25) is 0 Å². The van der Waals surface area contributed by atoms with Crippen molar-refractivity contribution in [2.45, 2.75) is 39.5 Å². The van der Waals surface area contributed by atoms with E-state index in [1.807, 2.05) is 32.8 Å². The molecule has 2 heterocycles. The third-order valence-electron chi connectivity index (χ3n) is 4.02. The van der Waals surface area contributed by atoms with Gasteiger partial charge in [0.1, 0.15) is 16.5 Å². The summed E-state index contributed by atoms with van der Waals surface area (Å²) in [6, 6.07) is 0. The highest BCUT2D eigenvalue weighted by molar-refractivity contribution is 7.18. The van der Waals surface area contributed by atoms with E-state index in [0.29, 0.717) is 5.82 Å². The Morgan fingerprint density at radius 2 is 2.05 bits per heavy atom. The Bertz CT molecular complexity index is 785. The molecule has 1 aliphatic rings. The van der Waals surface area contributed by atoms with Crippen molar-refractivity contribution in [1.29, 1.82) is 0 Å². The van der Waals surface area contributed by atoms with Gasteiger partial charge in [0, 0.05) is 19.0 Å². The Labute approximate surface area is 127 Å². The summed E-state index contributed by atoms with van der Waals surface area (Å²) < 4.78 is 1.44. The third kappa shape index (κ3) is 2.37. The number of nitrogens with zero attached hydrogens (tertiary/aromatic N) is 4. The van der Waals surface area contributed by atoms with E-state index in [1.165, 1.54) is 21.5 Å². The monoisotopic (exact) mass is 304 g/mol. The zero-order valence-corrected chi connectivity index (χ0v) is 13.8. The molecule has 0 radical (unpaired) electrons. The highest BCUT2D eigenvalue weighted by atomic mass is 32.1. The van der Waals surface area contributed by atoms with E-state index in [0.717, 1.165) is 35.3 Å². The molecule has 112 valence electrons. The Balaban J connectivity index is 2.27. The number of fused-ring (bicyclic) bond motifs is 3. The van der Waals surface area contributed by atoms with Crippen LogP contribution in [0.15, 0.2) is 9.90 Å². The van der Waals surface area contributed by atoms with Crippen LogP contribution < -0.4 is 5.56 Å². The molecule has 3 rings (SSSR count). The lowest BCUT2D eigenvalue weighted by molar-refractivity contribution is 0.600. The fourth-order valence-electron chi connectivity index (χ4n) is 2.65. The summed E-state index contributed by atoms with van der Waals surface area (Å²) in [6.45, 7) is 3.73. The first-order valence-corrected chi connectivity index (χ1v) is 8.07. The summed E-state index contributed by atoms with van der Waals surface area (Å²) >= 11 is 1.68. The van der Waals surface area contributed by atoms with Crippen LogP contribution in [0.25, 0.3) is 10.2 Å². The Kier molecular flexibility index (Phi) is 3.57. The third-order valence-corrected chi connectivity index (χ3v) is 5.21. The molecule has 1 aliphatic carbocycles. The second-order valence-corrected chi connectivity index (χ2v) is 6.79. The van der Waals surface area contributed by atoms with E-state index >= 15 is 0 Å². The molecule has 0 saturated heterocycles. The average molecular weight is 304 g/mol. The minimum absolute atomic E-state index is 0.0295. The van der Waals surface area contributed by atoms with E-state index in [-0.39, 0.29) is 5.56 Å². The first-order valence-electron chi connectivity index (χ1n) is 7.26. The van der Waals surface area contributed by atoms with Gasteiger partial charge in [0.15, 0.2) is 0 Å². The highest BCUT2D eigenvalue weighted by Crippen LogP contribution is 2.33. The molecular weight excluding hydrogens is 284 g/mol. The smallest absolute Gasteiger partial charge is 0.283 e. The fraction of sp³-hybridized carbons (Fsp3) is 0.533. The van der Waals surface area contributed by atoms with Gasteiger partial charge >= 0.3 is 0 Å². The minimum atomic E-state index is -0.0295. The van der Waals surface area contributed by atoms with Crippen LogP contribution in [0.1, 0.15) is 36.0 Å². The largest absolute Gasteiger partial charge is 0.365 e. The number of amidine groups is 1. The highest BCUT2D eigenvalue weighted by Gasteiger charge is 2.21. The number of hydrogen-bond donors (Lipinski definition) is 0. The van der Waals surface area contributed by atoms with Crippen LogP contribution in [0.4, 0.5) is 0 Å². The van der Waals surface area contributed by atoms with Gasteiger partial charge in [-0.05, 0) is 45.1 Å². The molecule has 0 spiro atoms. The van der Waals surface area contributed by atoms with Crippen molar-refractivity contribution < 1.29 is 0 Å². The van der Waals surface area contributed by atoms with E-state index < -0.39 is 0 Å². The Morgan fingerprint density at radius 1 is 1.33 bits per heavy atom. The molecule has 0 bridgehead atoms. The van der Waals surface area contributed by atoms with Crippen molar-refractivity contribution in [2.75, 3.05) is 14.1 Å². The van der Waals surface area contributed by atoms with Gasteiger partial charge in [-0.2, -0.15) is 9.78 Å². The van der Waals surface area contributed by atoms with Crippen LogP contribution in [0, 0.1) is 6.92 Å². The van der Waals surface area contributed by atoms with Crippen LogP contribution in [-0.2, 0) is 12.8 Å². The molecule has 2 aromatic rings. The van der Waals surface area contributed by atoms with Gasteiger partial charge in [0.25, 0.3) is 5.56 Å². The molecule has 5 nitrogen and oxygen atoms in total. The summed E-state index contributed by atoms with van der Waals surface area (Å²) in [5.41, 5.74) is 1.18. The summed E-state index contributed by atoms with van der Waals surface area (Å²) in [5, 5.41) is 5.21. The number of thiophene rings is 1. The molecule has 0 N–H and O–H groups in total. The standard InChI is InChI=1S/C15H20N4OS/c1-9-16-14-13(11-7-5-6-8-12(11)21-14)15(20)19(9)17-10(2)18(3)4/h5-8H2,1-4H3/b17-10+. The maximum atomic E-state index is 12.8. The molecule has 0 unspecified atom stereocenters. The van der Waals surface area contributed by atoms with Crippen molar-refractivity contribution in [3.8, 4) is 0 Å². The van der Waals surface area contributed by atoms with Gasteiger partial charge in [-0.1, -0.05) is 0 Å². The molecule has 0 aromatic carbocycles. The van der Waals surface area contributed by atoms with Crippen LogP contribution in [0.3, 0.4) is 0 Å². The van der Waals surface area contributed by atoms with Crippen LogP contribution in [0.5, 0.6) is 0 Å². The van der Waals surface area contributed by atoms with Crippen molar-refractivity contribution in [1.82, 2.24) is 14.6 Å². The second kappa shape index (κ2) is 5.26.